The van der Waals surface area contributed by atoms with Crippen LogP contribution in [-0.4, -0.2) is 34.7 Å². The van der Waals surface area contributed by atoms with Gasteiger partial charge < -0.3 is 19.7 Å². The van der Waals surface area contributed by atoms with E-state index in [2.05, 4.69) is 40.7 Å². The van der Waals surface area contributed by atoms with Crippen molar-refractivity contribution in [2.45, 2.75) is 131 Å². The van der Waals surface area contributed by atoms with Crippen molar-refractivity contribution in [1.29, 1.82) is 0 Å². The van der Waals surface area contributed by atoms with Crippen molar-refractivity contribution in [2.24, 2.45) is 17.8 Å². The number of aliphatic hydroxyl groups is 1. The van der Waals surface area contributed by atoms with E-state index < -0.39 is 17.9 Å². The average Bonchev–Trinajstić information content (AvgIpc) is 3.00. The first-order valence-corrected chi connectivity index (χ1v) is 17.4. The molecule has 2 aromatic rings. The number of benzene rings is 2. The highest BCUT2D eigenvalue weighted by molar-refractivity contribution is 5.98. The summed E-state index contributed by atoms with van der Waals surface area (Å²) >= 11 is 0. The summed E-state index contributed by atoms with van der Waals surface area (Å²) in [6.45, 7) is 13.2. The first-order chi connectivity index (χ1) is 21.9. The third-order valence-corrected chi connectivity index (χ3v) is 8.79. The molecule has 0 saturated heterocycles. The van der Waals surface area contributed by atoms with Gasteiger partial charge in [-0.25, -0.2) is 0 Å². The molecule has 0 aliphatic heterocycles. The normalized spacial score (nSPS) is 13.2. The van der Waals surface area contributed by atoms with E-state index in [0.29, 0.717) is 46.6 Å². The zero-order valence-corrected chi connectivity index (χ0v) is 29.2. The van der Waals surface area contributed by atoms with E-state index in [1.807, 2.05) is 25.1 Å². The maximum atomic E-state index is 12.7. The summed E-state index contributed by atoms with van der Waals surface area (Å²) in [7, 11) is 0. The highest BCUT2D eigenvalue weighted by Gasteiger charge is 2.22. The molecule has 7 heteroatoms. The molecule has 2 rings (SSSR count). The Bertz CT molecular complexity index is 1290. The fourth-order valence-corrected chi connectivity index (χ4v) is 5.89. The van der Waals surface area contributed by atoms with Gasteiger partial charge in [-0.1, -0.05) is 109 Å². The number of carboxylic acid groups (broad SMARTS) is 1. The van der Waals surface area contributed by atoms with Gasteiger partial charge in [0, 0.05) is 29.4 Å². The Labute approximate surface area is 276 Å². The number of allylic oxidation sites excluding steroid dienone is 2. The van der Waals surface area contributed by atoms with E-state index in [0.717, 1.165) is 30.2 Å². The Balaban J connectivity index is 2.14. The van der Waals surface area contributed by atoms with Gasteiger partial charge in [0.2, 0.25) is 0 Å². The standard InChI is InChI=1S/C39H58O7/c1-27(2)13-9-14-28(3)15-10-16-29(4)17-11-18-30(5)22-23-32-31(6)38(45-37(44)25-24-35(41)42)33-19-7-8-20-34(33)39(32)46-36(43)21-12-26-40/h7-8,19-20,22,27-29,40H,9-18,21,23-26H2,1-6H3,(H,41,42)/b30-22+/t28-,29-/m1/s1. The third-order valence-electron chi connectivity index (χ3n) is 8.79. The van der Waals surface area contributed by atoms with Crippen molar-refractivity contribution >= 4 is 28.7 Å². The Kier molecular flexibility index (Phi) is 17.7. The van der Waals surface area contributed by atoms with Gasteiger partial charge in [-0.2, -0.15) is 0 Å². The molecule has 0 unspecified atom stereocenters. The van der Waals surface area contributed by atoms with Crippen LogP contribution >= 0.6 is 0 Å². The molecule has 2 N–H and O–H groups in total. The van der Waals surface area contributed by atoms with E-state index >= 15 is 0 Å². The number of esters is 2. The highest BCUT2D eigenvalue weighted by atomic mass is 16.5. The van der Waals surface area contributed by atoms with Crippen LogP contribution < -0.4 is 9.47 Å². The van der Waals surface area contributed by atoms with Crippen molar-refractivity contribution in [3.05, 3.63) is 47.0 Å². The van der Waals surface area contributed by atoms with Gasteiger partial charge in [-0.15, -0.1) is 0 Å². The number of hydrogen-bond acceptors (Lipinski definition) is 6. The second-order valence-corrected chi connectivity index (χ2v) is 13.6. The van der Waals surface area contributed by atoms with Gasteiger partial charge in [-0.3, -0.25) is 14.4 Å². The second-order valence-electron chi connectivity index (χ2n) is 13.6. The second kappa shape index (κ2) is 20.8. The van der Waals surface area contributed by atoms with Gasteiger partial charge in [-0.05, 0) is 62.8 Å². The summed E-state index contributed by atoms with van der Waals surface area (Å²) in [6, 6.07) is 7.27. The molecular formula is C39H58O7. The summed E-state index contributed by atoms with van der Waals surface area (Å²) in [6.07, 6.45) is 13.6. The minimum Gasteiger partial charge on any atom is -0.481 e. The maximum Gasteiger partial charge on any atom is 0.311 e. The molecule has 0 saturated carbocycles. The van der Waals surface area contributed by atoms with Crippen molar-refractivity contribution in [1.82, 2.24) is 0 Å². The molecular weight excluding hydrogens is 580 g/mol. The van der Waals surface area contributed by atoms with Crippen LogP contribution in [0, 0.1) is 24.7 Å². The van der Waals surface area contributed by atoms with Crippen LogP contribution in [0.4, 0.5) is 0 Å². The molecule has 2 atom stereocenters. The van der Waals surface area contributed by atoms with E-state index in [-0.39, 0.29) is 25.9 Å². The molecule has 256 valence electrons. The van der Waals surface area contributed by atoms with Gasteiger partial charge in [0.05, 0.1) is 12.8 Å². The lowest BCUT2D eigenvalue weighted by atomic mass is 9.91. The highest BCUT2D eigenvalue weighted by Crippen LogP contribution is 2.41. The Morgan fingerprint density at radius 2 is 1.28 bits per heavy atom. The number of rotatable bonds is 22. The molecule has 0 aliphatic rings. The smallest absolute Gasteiger partial charge is 0.311 e. The van der Waals surface area contributed by atoms with Crippen molar-refractivity contribution in [2.75, 3.05) is 6.61 Å². The number of carboxylic acids is 1. The lowest BCUT2D eigenvalue weighted by Crippen LogP contribution is -2.14. The van der Waals surface area contributed by atoms with Crippen molar-refractivity contribution in [3.63, 3.8) is 0 Å². The summed E-state index contributed by atoms with van der Waals surface area (Å²) < 4.78 is 11.7. The van der Waals surface area contributed by atoms with Gasteiger partial charge in [0.25, 0.3) is 0 Å². The molecule has 7 nitrogen and oxygen atoms in total. The predicted octanol–water partition coefficient (Wildman–Crippen LogP) is 9.52. The zero-order valence-electron chi connectivity index (χ0n) is 29.2. The van der Waals surface area contributed by atoms with Crippen molar-refractivity contribution < 1.29 is 34.1 Å². The van der Waals surface area contributed by atoms with Gasteiger partial charge >= 0.3 is 17.9 Å². The summed E-state index contributed by atoms with van der Waals surface area (Å²) in [5.41, 5.74) is 2.66. The molecule has 0 bridgehead atoms. The largest absolute Gasteiger partial charge is 0.481 e. The quantitative estimate of drug-likeness (QED) is 0.0751. The monoisotopic (exact) mass is 638 g/mol. The van der Waals surface area contributed by atoms with Crippen molar-refractivity contribution in [3.8, 4) is 11.5 Å². The van der Waals surface area contributed by atoms with Crippen LogP contribution in [0.3, 0.4) is 0 Å². The number of fused-ring (bicyclic) bond motifs is 1. The first kappa shape index (κ1) is 39.0. The minimum atomic E-state index is -1.07. The zero-order chi connectivity index (χ0) is 34.1. The molecule has 0 fully saturated rings. The van der Waals surface area contributed by atoms with Crippen LogP contribution in [0.25, 0.3) is 10.8 Å². The lowest BCUT2D eigenvalue weighted by molar-refractivity contribution is -0.142. The van der Waals surface area contributed by atoms with Crippen LogP contribution in [-0.2, 0) is 20.8 Å². The molecule has 0 heterocycles. The summed E-state index contributed by atoms with van der Waals surface area (Å²) in [4.78, 5) is 36.3. The number of aliphatic hydroxyl groups excluding tert-OH is 1. The van der Waals surface area contributed by atoms with Crippen LogP contribution in [0.1, 0.15) is 129 Å². The molecule has 0 aliphatic carbocycles. The van der Waals surface area contributed by atoms with E-state index in [4.69, 9.17) is 14.6 Å². The molecule has 0 aromatic heterocycles. The first-order valence-electron chi connectivity index (χ1n) is 17.4. The summed E-state index contributed by atoms with van der Waals surface area (Å²) in [5.74, 6) is 0.942. The maximum absolute atomic E-state index is 12.7. The average molecular weight is 639 g/mol. The number of carbonyl (C=O) groups is 3. The Hall–Kier alpha value is -3.19. The van der Waals surface area contributed by atoms with Crippen LogP contribution in [0.5, 0.6) is 11.5 Å². The fraction of sp³-hybridized carbons (Fsp3) is 0.615. The summed E-state index contributed by atoms with van der Waals surface area (Å²) in [5, 5.41) is 19.5. The topological polar surface area (TPSA) is 110 Å². The van der Waals surface area contributed by atoms with Crippen LogP contribution in [0.2, 0.25) is 0 Å². The molecule has 46 heavy (non-hydrogen) atoms. The van der Waals surface area contributed by atoms with Crippen LogP contribution in [0.15, 0.2) is 35.9 Å². The van der Waals surface area contributed by atoms with Gasteiger partial charge in [0.1, 0.15) is 11.5 Å². The van der Waals surface area contributed by atoms with Gasteiger partial charge in [0.15, 0.2) is 0 Å². The third kappa shape index (κ3) is 14.1. The molecule has 2 aromatic carbocycles. The molecule has 0 spiro atoms. The fourth-order valence-electron chi connectivity index (χ4n) is 5.89. The SMILES string of the molecule is C/C(=C\Cc1c(C)c(OC(=O)CCC(=O)O)c2ccccc2c1OC(=O)CCCO)CCC[C@H](C)CCC[C@H](C)CCCC(C)C. The lowest BCUT2D eigenvalue weighted by Gasteiger charge is -2.19. The predicted molar refractivity (Wildman–Crippen MR) is 185 cm³/mol. The molecule has 0 amide bonds. The Morgan fingerprint density at radius 3 is 1.87 bits per heavy atom. The van der Waals surface area contributed by atoms with E-state index in [1.54, 1.807) is 6.07 Å². The number of carbonyl (C=O) groups excluding carboxylic acids is 2. The van der Waals surface area contributed by atoms with E-state index in [9.17, 15) is 19.5 Å². The molecule has 0 radical (unpaired) electrons. The number of ether oxygens (including phenoxy) is 2. The number of aliphatic carboxylic acids is 1. The minimum absolute atomic E-state index is 0.0827. The number of hydrogen-bond donors (Lipinski definition) is 2. The Morgan fingerprint density at radius 1 is 0.739 bits per heavy atom. The van der Waals surface area contributed by atoms with E-state index in [1.165, 1.54) is 50.5 Å².